The molecule has 0 aromatic heterocycles. The van der Waals surface area contributed by atoms with Gasteiger partial charge in [-0.15, -0.1) is 0 Å². The van der Waals surface area contributed by atoms with Crippen LogP contribution in [0.5, 0.6) is 0 Å². The Morgan fingerprint density at radius 2 is 2.57 bits per heavy atom. The van der Waals surface area contributed by atoms with Crippen LogP contribution in [0.1, 0.15) is 0 Å². The lowest BCUT2D eigenvalue weighted by Gasteiger charge is -2.04. The van der Waals surface area contributed by atoms with E-state index in [1.165, 1.54) is 0 Å². The van der Waals surface area contributed by atoms with Gasteiger partial charge >= 0.3 is 0 Å². The van der Waals surface area contributed by atoms with Gasteiger partial charge in [0.05, 0.1) is 0 Å². The summed E-state index contributed by atoms with van der Waals surface area (Å²) in [4.78, 5) is 3.77. The van der Waals surface area contributed by atoms with Crippen LogP contribution in [-0.4, -0.2) is 11.8 Å². The first-order valence-electron chi connectivity index (χ1n) is 1.98. The standard InChI is InChI=1S/C4H5ClN2/c5-4-6-2-1-3-7-4/h1-4,6H. The number of allylic oxidation sites excluding steroid dienone is 1. The van der Waals surface area contributed by atoms with Gasteiger partial charge in [-0.2, -0.15) is 0 Å². The number of rotatable bonds is 0. The van der Waals surface area contributed by atoms with Crippen molar-refractivity contribution in [1.29, 1.82) is 0 Å². The van der Waals surface area contributed by atoms with Gasteiger partial charge in [0.1, 0.15) is 0 Å². The second-order valence-corrected chi connectivity index (χ2v) is 1.57. The maximum atomic E-state index is 5.46. The van der Waals surface area contributed by atoms with E-state index in [1.807, 2.05) is 0 Å². The van der Waals surface area contributed by atoms with Gasteiger partial charge in [0.15, 0.2) is 5.62 Å². The third kappa shape index (κ3) is 1.20. The molecule has 3 heteroatoms. The zero-order chi connectivity index (χ0) is 5.11. The van der Waals surface area contributed by atoms with Gasteiger partial charge < -0.3 is 5.32 Å². The number of hydrogen-bond acceptors (Lipinski definition) is 2. The molecule has 2 nitrogen and oxygen atoms in total. The van der Waals surface area contributed by atoms with E-state index in [0.29, 0.717) is 0 Å². The molecule has 0 amide bonds. The van der Waals surface area contributed by atoms with Crippen molar-refractivity contribution in [2.75, 3.05) is 0 Å². The largest absolute Gasteiger partial charge is 0.357 e. The summed E-state index contributed by atoms with van der Waals surface area (Å²) in [6.07, 6.45) is 5.21. The monoisotopic (exact) mass is 116 g/mol. The summed E-state index contributed by atoms with van der Waals surface area (Å²) in [5.74, 6) is 0. The van der Waals surface area contributed by atoms with Gasteiger partial charge in [-0.3, -0.25) is 4.99 Å². The predicted molar refractivity (Wildman–Crippen MR) is 30.4 cm³/mol. The van der Waals surface area contributed by atoms with E-state index >= 15 is 0 Å². The number of nitrogens with one attached hydrogen (secondary N) is 1. The number of aliphatic imine (C=N–C) groups is 1. The maximum absolute atomic E-state index is 5.46. The van der Waals surface area contributed by atoms with E-state index in [9.17, 15) is 0 Å². The summed E-state index contributed by atoms with van der Waals surface area (Å²) < 4.78 is 0. The predicted octanol–water partition coefficient (Wildman–Crippen LogP) is 0.697. The molecule has 0 saturated carbocycles. The van der Waals surface area contributed by atoms with Crippen LogP contribution < -0.4 is 5.32 Å². The lowest BCUT2D eigenvalue weighted by molar-refractivity contribution is 0.805. The van der Waals surface area contributed by atoms with Crippen molar-refractivity contribution < 1.29 is 0 Å². The minimum Gasteiger partial charge on any atom is -0.357 e. The Bertz CT molecular complexity index is 108. The molecule has 1 N–H and O–H groups in total. The molecule has 0 saturated heterocycles. The minimum absolute atomic E-state index is 0.259. The summed E-state index contributed by atoms with van der Waals surface area (Å²) in [5.41, 5.74) is -0.259. The number of halogens is 1. The number of nitrogens with zero attached hydrogens (tertiary/aromatic N) is 1. The Balaban J connectivity index is 2.49. The fraction of sp³-hybridized carbons (Fsp3) is 0.250. The second kappa shape index (κ2) is 1.98. The Morgan fingerprint density at radius 1 is 1.71 bits per heavy atom. The molecular weight excluding hydrogens is 112 g/mol. The average Bonchev–Trinajstić information content (AvgIpc) is 1.69. The second-order valence-electron chi connectivity index (χ2n) is 1.16. The molecule has 1 aliphatic heterocycles. The van der Waals surface area contributed by atoms with Crippen molar-refractivity contribution in [2.45, 2.75) is 5.62 Å². The quantitative estimate of drug-likeness (QED) is 0.366. The lowest BCUT2D eigenvalue weighted by Crippen LogP contribution is -2.17. The van der Waals surface area contributed by atoms with E-state index in [-0.39, 0.29) is 5.62 Å². The first-order chi connectivity index (χ1) is 3.39. The van der Waals surface area contributed by atoms with Gasteiger partial charge in [-0.1, -0.05) is 11.6 Å². The zero-order valence-corrected chi connectivity index (χ0v) is 4.39. The lowest BCUT2D eigenvalue weighted by atomic mass is 10.6. The highest BCUT2D eigenvalue weighted by Crippen LogP contribution is 1.93. The summed E-state index contributed by atoms with van der Waals surface area (Å²) in [5, 5.41) is 2.77. The van der Waals surface area contributed by atoms with Crippen LogP contribution in [0.15, 0.2) is 17.3 Å². The van der Waals surface area contributed by atoms with Crippen LogP contribution in [0.4, 0.5) is 0 Å². The molecule has 0 aliphatic carbocycles. The van der Waals surface area contributed by atoms with Crippen molar-refractivity contribution in [3.05, 3.63) is 12.3 Å². The first kappa shape index (κ1) is 4.65. The van der Waals surface area contributed by atoms with Gasteiger partial charge in [0.2, 0.25) is 0 Å². The van der Waals surface area contributed by atoms with Crippen molar-refractivity contribution >= 4 is 17.8 Å². The van der Waals surface area contributed by atoms with Crippen LogP contribution >= 0.6 is 11.6 Å². The highest BCUT2D eigenvalue weighted by atomic mass is 35.5. The Morgan fingerprint density at radius 3 is 2.86 bits per heavy atom. The molecule has 0 spiro atoms. The van der Waals surface area contributed by atoms with Gasteiger partial charge in [0, 0.05) is 12.4 Å². The first-order valence-corrected chi connectivity index (χ1v) is 2.42. The van der Waals surface area contributed by atoms with Crippen LogP contribution in [0.25, 0.3) is 0 Å². The van der Waals surface area contributed by atoms with Crippen LogP contribution in [-0.2, 0) is 0 Å². The number of alkyl halides is 1. The summed E-state index contributed by atoms with van der Waals surface area (Å²) in [7, 11) is 0. The van der Waals surface area contributed by atoms with Crippen molar-refractivity contribution in [3.8, 4) is 0 Å². The molecular formula is C4H5ClN2. The molecule has 0 fully saturated rings. The normalized spacial score (nSPS) is 27.3. The Hall–Kier alpha value is -0.500. The smallest absolute Gasteiger partial charge is 0.194 e. The molecule has 7 heavy (non-hydrogen) atoms. The third-order valence-electron chi connectivity index (χ3n) is 0.633. The SMILES string of the molecule is ClC1N=CC=CN1. The molecule has 1 unspecified atom stereocenters. The van der Waals surface area contributed by atoms with E-state index in [1.54, 1.807) is 18.5 Å². The fourth-order valence-corrected chi connectivity index (χ4v) is 0.484. The zero-order valence-electron chi connectivity index (χ0n) is 3.63. The Kier molecular flexibility index (Phi) is 1.32. The van der Waals surface area contributed by atoms with Gasteiger partial charge in [-0.25, -0.2) is 0 Å². The van der Waals surface area contributed by atoms with E-state index in [4.69, 9.17) is 11.6 Å². The summed E-state index contributed by atoms with van der Waals surface area (Å²) >= 11 is 5.46. The molecule has 0 aromatic rings. The van der Waals surface area contributed by atoms with Crippen LogP contribution in [0.2, 0.25) is 0 Å². The topological polar surface area (TPSA) is 24.4 Å². The van der Waals surface area contributed by atoms with Crippen molar-refractivity contribution in [1.82, 2.24) is 5.32 Å². The summed E-state index contributed by atoms with van der Waals surface area (Å²) in [6.45, 7) is 0. The van der Waals surface area contributed by atoms with Gasteiger partial charge in [-0.05, 0) is 6.08 Å². The van der Waals surface area contributed by atoms with Gasteiger partial charge in [0.25, 0.3) is 0 Å². The molecule has 38 valence electrons. The van der Waals surface area contributed by atoms with Crippen LogP contribution in [0, 0.1) is 0 Å². The van der Waals surface area contributed by atoms with Crippen molar-refractivity contribution in [2.24, 2.45) is 4.99 Å². The van der Waals surface area contributed by atoms with Crippen molar-refractivity contribution in [3.63, 3.8) is 0 Å². The highest BCUT2D eigenvalue weighted by molar-refractivity contribution is 6.20. The van der Waals surface area contributed by atoms with E-state index in [0.717, 1.165) is 0 Å². The fourth-order valence-electron chi connectivity index (χ4n) is 0.346. The molecule has 0 bridgehead atoms. The summed E-state index contributed by atoms with van der Waals surface area (Å²) in [6, 6.07) is 0. The third-order valence-corrected chi connectivity index (χ3v) is 0.872. The number of hydrogen-bond donors (Lipinski definition) is 1. The van der Waals surface area contributed by atoms with E-state index in [2.05, 4.69) is 10.3 Å². The molecule has 1 heterocycles. The average molecular weight is 117 g/mol. The van der Waals surface area contributed by atoms with Crippen LogP contribution in [0.3, 0.4) is 0 Å². The molecule has 0 radical (unpaired) electrons. The molecule has 1 aliphatic rings. The molecule has 1 rings (SSSR count). The Labute approximate surface area is 46.9 Å². The molecule has 1 atom stereocenters. The van der Waals surface area contributed by atoms with E-state index < -0.39 is 0 Å². The highest BCUT2D eigenvalue weighted by Gasteiger charge is 1.94. The maximum Gasteiger partial charge on any atom is 0.194 e. The molecule has 0 aromatic carbocycles. The minimum atomic E-state index is -0.259.